The van der Waals surface area contributed by atoms with Crippen molar-refractivity contribution in [3.05, 3.63) is 65.3 Å². The molecule has 4 aliphatic rings. The van der Waals surface area contributed by atoms with E-state index in [1.165, 1.54) is 6.08 Å². The number of carbonyl (C=O) groups is 1. The predicted molar refractivity (Wildman–Crippen MR) is 174 cm³/mol. The van der Waals surface area contributed by atoms with Gasteiger partial charge in [0, 0.05) is 67.2 Å². The van der Waals surface area contributed by atoms with Gasteiger partial charge in [-0.3, -0.25) is 4.79 Å². The van der Waals surface area contributed by atoms with Crippen LogP contribution in [0.5, 0.6) is 6.01 Å². The van der Waals surface area contributed by atoms with Gasteiger partial charge in [0.2, 0.25) is 5.91 Å². The normalized spacial score (nSPS) is 24.8. The summed E-state index contributed by atoms with van der Waals surface area (Å²) in [5, 5.41) is 12.4. The first-order valence-corrected chi connectivity index (χ1v) is 16.0. The van der Waals surface area contributed by atoms with Crippen LogP contribution in [-0.2, 0) is 22.5 Å². The molecule has 0 bridgehead atoms. The van der Waals surface area contributed by atoms with Crippen molar-refractivity contribution in [1.82, 2.24) is 19.8 Å². The Morgan fingerprint density at radius 2 is 2.04 bits per heavy atom. The zero-order valence-corrected chi connectivity index (χ0v) is 26.4. The molecule has 0 spiro atoms. The number of nitriles is 1. The first-order chi connectivity index (χ1) is 21.9. The average Bonchev–Trinajstić information content (AvgIpc) is 3.58. The molecule has 10 nitrogen and oxygen atoms in total. The Morgan fingerprint density at radius 1 is 1.20 bits per heavy atom. The molecule has 7 rings (SSSR count). The Kier molecular flexibility index (Phi) is 8.02. The average molecular weight is 628 g/mol. The SMILES string of the molecule is C=CC(=O)N1CCN(c2nc(OCC34COCC3CN(C)C4)nc3c2CCN(c2cccc4cccc(Cl)c24)C3)C[C@@H]1CC#N. The number of ether oxygens (including phenoxy) is 2. The number of fused-ring (bicyclic) bond motifs is 3. The van der Waals surface area contributed by atoms with Crippen LogP contribution in [0, 0.1) is 22.7 Å². The molecule has 4 aliphatic heterocycles. The smallest absolute Gasteiger partial charge is 0.318 e. The van der Waals surface area contributed by atoms with Gasteiger partial charge in [-0.2, -0.15) is 15.2 Å². The van der Waals surface area contributed by atoms with Gasteiger partial charge in [-0.1, -0.05) is 42.4 Å². The summed E-state index contributed by atoms with van der Waals surface area (Å²) in [4.78, 5) is 31.3. The van der Waals surface area contributed by atoms with E-state index in [0.717, 1.165) is 71.2 Å². The van der Waals surface area contributed by atoms with Gasteiger partial charge in [-0.25, -0.2) is 0 Å². The van der Waals surface area contributed by atoms with E-state index in [-0.39, 0.29) is 23.8 Å². The van der Waals surface area contributed by atoms with Crippen LogP contribution in [0.4, 0.5) is 11.5 Å². The minimum absolute atomic E-state index is 0.0749. The number of anilines is 2. The molecule has 2 unspecified atom stereocenters. The molecule has 234 valence electrons. The number of benzene rings is 2. The lowest BCUT2D eigenvalue weighted by Gasteiger charge is -2.42. The summed E-state index contributed by atoms with van der Waals surface area (Å²) in [7, 11) is 2.15. The van der Waals surface area contributed by atoms with Crippen LogP contribution in [0.15, 0.2) is 49.1 Å². The van der Waals surface area contributed by atoms with E-state index in [2.05, 4.69) is 58.7 Å². The molecular weight excluding hydrogens is 590 g/mol. The third-order valence-electron chi connectivity index (χ3n) is 9.94. The van der Waals surface area contributed by atoms with Crippen molar-refractivity contribution in [2.24, 2.45) is 11.3 Å². The quantitative estimate of drug-likeness (QED) is 0.361. The zero-order valence-electron chi connectivity index (χ0n) is 25.6. The Balaban J connectivity index is 1.23. The minimum Gasteiger partial charge on any atom is -0.463 e. The van der Waals surface area contributed by atoms with E-state index in [1.807, 2.05) is 12.1 Å². The lowest BCUT2D eigenvalue weighted by atomic mass is 9.82. The summed E-state index contributed by atoms with van der Waals surface area (Å²) >= 11 is 6.73. The number of likely N-dealkylation sites (tertiary alicyclic amines) is 1. The maximum atomic E-state index is 12.6. The summed E-state index contributed by atoms with van der Waals surface area (Å²) in [6.45, 7) is 10.4. The maximum absolute atomic E-state index is 12.6. The second kappa shape index (κ2) is 12.1. The Bertz CT molecular complexity index is 1670. The van der Waals surface area contributed by atoms with Crippen molar-refractivity contribution in [3.8, 4) is 12.1 Å². The first-order valence-electron chi connectivity index (χ1n) is 15.6. The molecular formula is C34H38ClN7O3. The number of aromatic nitrogens is 2. The summed E-state index contributed by atoms with van der Waals surface area (Å²) in [5.74, 6) is 1.11. The molecule has 1 aromatic heterocycles. The van der Waals surface area contributed by atoms with Gasteiger partial charge in [0.15, 0.2) is 0 Å². The third kappa shape index (κ3) is 5.47. The fourth-order valence-electron chi connectivity index (χ4n) is 7.71. The van der Waals surface area contributed by atoms with Crippen molar-refractivity contribution in [1.29, 1.82) is 5.26 Å². The highest BCUT2D eigenvalue weighted by Crippen LogP contribution is 2.42. The van der Waals surface area contributed by atoms with Crippen molar-refractivity contribution < 1.29 is 14.3 Å². The molecule has 3 atom stereocenters. The third-order valence-corrected chi connectivity index (χ3v) is 10.3. The number of halogens is 1. The molecule has 0 aliphatic carbocycles. The molecule has 0 saturated carbocycles. The van der Waals surface area contributed by atoms with Crippen LogP contribution in [0.3, 0.4) is 0 Å². The first kappa shape index (κ1) is 29.8. The number of carbonyl (C=O) groups excluding carboxylic acids is 1. The molecule has 11 heteroatoms. The standard InChI is InChI=1S/C34H38ClN7O3/c1-3-30(43)42-15-14-41(17-25(42)10-12-36)32-26-11-13-40(29-9-5-7-23-6-4-8-27(35)31(23)29)18-28(26)37-33(38-32)45-22-34-20-39(2)16-24(34)19-44-21-34/h3-9,24-25H,1,10-11,13-22H2,2H3/t24?,25-,34?/m0/s1. The highest BCUT2D eigenvalue weighted by Gasteiger charge is 2.50. The van der Waals surface area contributed by atoms with E-state index < -0.39 is 0 Å². The van der Waals surface area contributed by atoms with Crippen molar-refractivity contribution >= 4 is 39.8 Å². The van der Waals surface area contributed by atoms with E-state index in [0.29, 0.717) is 51.3 Å². The van der Waals surface area contributed by atoms with Gasteiger partial charge in [0.1, 0.15) is 12.4 Å². The molecule has 45 heavy (non-hydrogen) atoms. The summed E-state index contributed by atoms with van der Waals surface area (Å²) in [5.41, 5.74) is 3.02. The maximum Gasteiger partial charge on any atom is 0.318 e. The van der Waals surface area contributed by atoms with Crippen LogP contribution in [0.2, 0.25) is 5.02 Å². The van der Waals surface area contributed by atoms with E-state index >= 15 is 0 Å². The second-order valence-electron chi connectivity index (χ2n) is 12.8. The number of rotatable bonds is 7. The molecule has 3 fully saturated rings. The van der Waals surface area contributed by atoms with E-state index in [9.17, 15) is 10.1 Å². The summed E-state index contributed by atoms with van der Waals surface area (Å²) in [6.07, 6.45) is 2.30. The Labute approximate surface area is 268 Å². The van der Waals surface area contributed by atoms with Crippen LogP contribution >= 0.6 is 11.6 Å². The molecule has 3 saturated heterocycles. The van der Waals surface area contributed by atoms with Crippen LogP contribution in [0.1, 0.15) is 17.7 Å². The van der Waals surface area contributed by atoms with Gasteiger partial charge in [0.05, 0.1) is 49.0 Å². The highest BCUT2D eigenvalue weighted by atomic mass is 35.5. The highest BCUT2D eigenvalue weighted by molar-refractivity contribution is 6.36. The topological polar surface area (TPSA) is 98.1 Å². The van der Waals surface area contributed by atoms with Gasteiger partial charge >= 0.3 is 6.01 Å². The fraction of sp³-hybridized carbons (Fsp3) is 0.471. The zero-order chi connectivity index (χ0) is 31.1. The summed E-state index contributed by atoms with van der Waals surface area (Å²) < 4.78 is 12.4. The molecule has 0 radical (unpaired) electrons. The minimum atomic E-state index is -0.258. The van der Waals surface area contributed by atoms with Crippen molar-refractivity contribution in [2.75, 3.05) is 75.9 Å². The molecule has 3 aromatic rings. The monoisotopic (exact) mass is 627 g/mol. The number of piperazine rings is 1. The Hall–Kier alpha value is -3.91. The Morgan fingerprint density at radius 3 is 2.87 bits per heavy atom. The van der Waals surface area contributed by atoms with Gasteiger partial charge in [0.25, 0.3) is 0 Å². The van der Waals surface area contributed by atoms with Gasteiger partial charge < -0.3 is 29.1 Å². The van der Waals surface area contributed by atoms with Crippen LogP contribution in [-0.4, -0.2) is 97.9 Å². The number of hydrogen-bond acceptors (Lipinski definition) is 9. The fourth-order valence-corrected chi connectivity index (χ4v) is 7.99. The molecule has 0 N–H and O–H groups in total. The number of amides is 1. The van der Waals surface area contributed by atoms with Gasteiger partial charge in [-0.05, 0) is 37.1 Å². The number of nitrogens with zero attached hydrogens (tertiary/aromatic N) is 7. The molecule has 1 amide bonds. The lowest BCUT2D eigenvalue weighted by molar-refractivity contribution is -0.128. The van der Waals surface area contributed by atoms with E-state index in [1.54, 1.807) is 4.90 Å². The molecule has 5 heterocycles. The van der Waals surface area contributed by atoms with Crippen molar-refractivity contribution in [3.63, 3.8) is 0 Å². The number of hydrogen-bond donors (Lipinski definition) is 0. The van der Waals surface area contributed by atoms with Gasteiger partial charge in [-0.15, -0.1) is 0 Å². The van der Waals surface area contributed by atoms with Crippen molar-refractivity contribution in [2.45, 2.75) is 25.4 Å². The molecule has 2 aromatic carbocycles. The summed E-state index contributed by atoms with van der Waals surface area (Å²) in [6, 6.07) is 14.6. The van der Waals surface area contributed by atoms with E-state index in [4.69, 9.17) is 31.0 Å². The lowest BCUT2D eigenvalue weighted by Crippen LogP contribution is -2.55. The predicted octanol–water partition coefficient (Wildman–Crippen LogP) is 3.92. The largest absolute Gasteiger partial charge is 0.463 e. The van der Waals surface area contributed by atoms with Crippen LogP contribution < -0.4 is 14.5 Å². The van der Waals surface area contributed by atoms with Crippen LogP contribution in [0.25, 0.3) is 10.8 Å². The second-order valence-corrected chi connectivity index (χ2v) is 13.2.